The first-order valence-corrected chi connectivity index (χ1v) is 16.6. The second kappa shape index (κ2) is 12.5. The third kappa shape index (κ3) is 6.10. The summed E-state index contributed by atoms with van der Waals surface area (Å²) in [4.78, 5) is 30.6. The van der Waals surface area contributed by atoms with Crippen LogP contribution in [0.3, 0.4) is 0 Å². The first kappa shape index (κ1) is 32.3. The SMILES string of the molecule is COCCCN1C2=C(C(=O)CC(C)(C)C2)C(c2cc(Cl)c(OCc3cccc4ccccc34)c(OC)c2)C2=C1CC(C)(C)CC2=O. The van der Waals surface area contributed by atoms with Crippen molar-refractivity contribution in [3.05, 3.63) is 93.3 Å². The molecule has 0 saturated carbocycles. The molecule has 0 saturated heterocycles. The lowest BCUT2D eigenvalue weighted by atomic mass is 9.63. The van der Waals surface area contributed by atoms with Gasteiger partial charge in [-0.3, -0.25) is 9.59 Å². The zero-order valence-corrected chi connectivity index (χ0v) is 28.6. The largest absolute Gasteiger partial charge is 0.493 e. The van der Waals surface area contributed by atoms with E-state index in [1.54, 1.807) is 14.2 Å². The monoisotopic (exact) mass is 641 g/mol. The zero-order valence-electron chi connectivity index (χ0n) is 27.8. The molecule has 1 aliphatic heterocycles. The highest BCUT2D eigenvalue weighted by Gasteiger charge is 2.49. The fourth-order valence-corrected chi connectivity index (χ4v) is 7.91. The number of halogens is 1. The molecule has 0 N–H and O–H groups in total. The molecule has 46 heavy (non-hydrogen) atoms. The molecule has 3 aromatic rings. The fraction of sp³-hybridized carbons (Fsp3) is 0.436. The molecular formula is C39H44ClNO5. The second-order valence-electron chi connectivity index (χ2n) is 14.5. The Kier molecular flexibility index (Phi) is 8.81. The minimum Gasteiger partial charge on any atom is -0.493 e. The van der Waals surface area contributed by atoms with Crippen LogP contribution in [0.2, 0.25) is 5.02 Å². The van der Waals surface area contributed by atoms with Crippen molar-refractivity contribution in [2.24, 2.45) is 10.8 Å². The fourth-order valence-electron chi connectivity index (χ4n) is 7.63. The standard InChI is InChI=1S/C39H44ClNO5/c1-38(2)19-29-35(31(42)21-38)34(36-30(41(29)15-10-16-44-5)20-39(3,4)22-32(36)43)26-17-28(40)37(33(18-26)45-6)46-23-25-13-9-12-24-11-7-8-14-27(24)25/h7-9,11-14,17-18,34H,10,15-16,19-23H2,1-6H3. The third-order valence-electron chi connectivity index (χ3n) is 9.59. The molecule has 0 aromatic heterocycles. The van der Waals surface area contributed by atoms with Gasteiger partial charge in [0.1, 0.15) is 6.61 Å². The van der Waals surface area contributed by atoms with Gasteiger partial charge >= 0.3 is 0 Å². The molecule has 7 heteroatoms. The number of allylic oxidation sites excluding steroid dienone is 4. The van der Waals surface area contributed by atoms with E-state index in [0.717, 1.165) is 52.6 Å². The minimum absolute atomic E-state index is 0.0866. The van der Waals surface area contributed by atoms with Gasteiger partial charge in [-0.15, -0.1) is 0 Å². The molecule has 0 atom stereocenters. The van der Waals surface area contributed by atoms with E-state index in [1.165, 1.54) is 0 Å². The molecule has 0 bridgehead atoms. The van der Waals surface area contributed by atoms with E-state index < -0.39 is 5.92 Å². The molecule has 0 fully saturated rings. The summed E-state index contributed by atoms with van der Waals surface area (Å²) >= 11 is 7.01. The number of methoxy groups -OCH3 is 2. The summed E-state index contributed by atoms with van der Waals surface area (Å²) in [5.41, 5.74) is 4.91. The van der Waals surface area contributed by atoms with Gasteiger partial charge in [-0.1, -0.05) is 81.8 Å². The molecular weight excluding hydrogens is 598 g/mol. The van der Waals surface area contributed by atoms with Crippen molar-refractivity contribution in [3.8, 4) is 11.5 Å². The lowest BCUT2D eigenvalue weighted by Crippen LogP contribution is -2.44. The van der Waals surface area contributed by atoms with E-state index in [1.807, 2.05) is 36.4 Å². The van der Waals surface area contributed by atoms with Crippen LogP contribution in [-0.2, 0) is 20.9 Å². The number of carbonyl (C=O) groups excluding carboxylic acids is 2. The Morgan fingerprint density at radius 3 is 2.11 bits per heavy atom. The zero-order chi connectivity index (χ0) is 32.8. The van der Waals surface area contributed by atoms with E-state index in [0.29, 0.717) is 60.3 Å². The predicted molar refractivity (Wildman–Crippen MR) is 182 cm³/mol. The first-order valence-electron chi connectivity index (χ1n) is 16.2. The van der Waals surface area contributed by atoms with Crippen LogP contribution >= 0.6 is 11.6 Å². The number of fused-ring (bicyclic) bond motifs is 1. The highest BCUT2D eigenvalue weighted by molar-refractivity contribution is 6.32. The van der Waals surface area contributed by atoms with Crippen LogP contribution in [0, 0.1) is 10.8 Å². The molecule has 0 unspecified atom stereocenters. The topological polar surface area (TPSA) is 65.1 Å². The summed E-state index contributed by atoms with van der Waals surface area (Å²) in [6, 6.07) is 18.1. The maximum atomic E-state index is 14.2. The number of Topliss-reactive ketones (excluding diaryl/α,β-unsaturated/α-hetero) is 2. The minimum atomic E-state index is -0.519. The quantitative estimate of drug-likeness (QED) is 0.218. The smallest absolute Gasteiger partial charge is 0.180 e. The molecule has 1 heterocycles. The number of ether oxygens (including phenoxy) is 3. The lowest BCUT2D eigenvalue weighted by molar-refractivity contribution is -0.119. The number of benzene rings is 3. The van der Waals surface area contributed by atoms with Crippen molar-refractivity contribution < 1.29 is 23.8 Å². The van der Waals surface area contributed by atoms with Crippen molar-refractivity contribution in [2.45, 2.75) is 72.3 Å². The molecule has 242 valence electrons. The number of ketones is 2. The Labute approximate surface area is 277 Å². The lowest BCUT2D eigenvalue weighted by Gasteiger charge is -2.49. The van der Waals surface area contributed by atoms with Crippen LogP contribution in [0.5, 0.6) is 11.5 Å². The molecule has 3 aliphatic rings. The highest BCUT2D eigenvalue weighted by atomic mass is 35.5. The van der Waals surface area contributed by atoms with Crippen LogP contribution in [0.1, 0.15) is 76.8 Å². The van der Waals surface area contributed by atoms with Crippen LogP contribution < -0.4 is 9.47 Å². The third-order valence-corrected chi connectivity index (χ3v) is 9.87. The molecule has 0 radical (unpaired) electrons. The van der Waals surface area contributed by atoms with E-state index >= 15 is 0 Å². The van der Waals surface area contributed by atoms with Crippen LogP contribution in [0.15, 0.2) is 77.1 Å². The number of rotatable bonds is 9. The van der Waals surface area contributed by atoms with Gasteiger partial charge < -0.3 is 19.1 Å². The summed E-state index contributed by atoms with van der Waals surface area (Å²) in [7, 11) is 3.30. The van der Waals surface area contributed by atoms with Gasteiger partial charge in [-0.2, -0.15) is 0 Å². The summed E-state index contributed by atoms with van der Waals surface area (Å²) in [5.74, 6) is 0.566. The average Bonchev–Trinajstić information content (AvgIpc) is 2.99. The summed E-state index contributed by atoms with van der Waals surface area (Å²) in [6.45, 7) is 10.2. The maximum absolute atomic E-state index is 14.2. The van der Waals surface area contributed by atoms with Crippen LogP contribution in [0.4, 0.5) is 0 Å². The predicted octanol–water partition coefficient (Wildman–Crippen LogP) is 8.80. The molecule has 6 nitrogen and oxygen atoms in total. The number of carbonyl (C=O) groups is 2. The molecule has 0 spiro atoms. The van der Waals surface area contributed by atoms with E-state index in [4.69, 9.17) is 25.8 Å². The Morgan fingerprint density at radius 1 is 0.848 bits per heavy atom. The van der Waals surface area contributed by atoms with Crippen LogP contribution in [0.25, 0.3) is 10.8 Å². The van der Waals surface area contributed by atoms with Gasteiger partial charge in [0.15, 0.2) is 23.1 Å². The first-order chi connectivity index (χ1) is 21.9. The van der Waals surface area contributed by atoms with Gasteiger partial charge in [0.25, 0.3) is 0 Å². The van der Waals surface area contributed by atoms with Crippen molar-refractivity contribution in [1.82, 2.24) is 4.90 Å². The Balaban J connectivity index is 1.46. The van der Waals surface area contributed by atoms with Gasteiger partial charge in [0.05, 0.1) is 12.1 Å². The number of nitrogens with zero attached hydrogens (tertiary/aromatic N) is 1. The van der Waals surface area contributed by atoms with Crippen molar-refractivity contribution >= 4 is 33.9 Å². The number of hydrogen-bond acceptors (Lipinski definition) is 6. The molecule has 3 aromatic carbocycles. The van der Waals surface area contributed by atoms with Gasteiger partial charge in [-0.25, -0.2) is 0 Å². The summed E-state index contributed by atoms with van der Waals surface area (Å²) < 4.78 is 17.6. The average molecular weight is 642 g/mol. The second-order valence-corrected chi connectivity index (χ2v) is 14.9. The van der Waals surface area contributed by atoms with Crippen molar-refractivity contribution in [2.75, 3.05) is 27.4 Å². The Hall–Kier alpha value is -3.61. The Morgan fingerprint density at radius 2 is 1.48 bits per heavy atom. The van der Waals surface area contributed by atoms with Crippen LogP contribution in [-0.4, -0.2) is 43.8 Å². The highest BCUT2D eigenvalue weighted by Crippen LogP contribution is 2.55. The van der Waals surface area contributed by atoms with Crippen molar-refractivity contribution in [3.63, 3.8) is 0 Å². The Bertz CT molecular complexity index is 1710. The van der Waals surface area contributed by atoms with E-state index in [-0.39, 0.29) is 22.4 Å². The van der Waals surface area contributed by atoms with E-state index in [9.17, 15) is 9.59 Å². The van der Waals surface area contributed by atoms with Gasteiger partial charge in [-0.05, 0) is 64.1 Å². The number of hydrogen-bond donors (Lipinski definition) is 0. The maximum Gasteiger partial charge on any atom is 0.180 e. The molecule has 2 aliphatic carbocycles. The molecule has 6 rings (SSSR count). The van der Waals surface area contributed by atoms with E-state index in [2.05, 4.69) is 50.8 Å². The summed E-state index contributed by atoms with van der Waals surface area (Å²) in [6.07, 6.45) is 3.14. The normalized spacial score (nSPS) is 19.4. The van der Waals surface area contributed by atoms with Crippen molar-refractivity contribution in [1.29, 1.82) is 0 Å². The molecule has 0 amide bonds. The van der Waals surface area contributed by atoms with Gasteiger partial charge in [0, 0.05) is 61.6 Å². The summed E-state index contributed by atoms with van der Waals surface area (Å²) in [5, 5.41) is 2.64. The van der Waals surface area contributed by atoms with Gasteiger partial charge in [0.2, 0.25) is 0 Å².